The molecule has 2 heterocycles. The monoisotopic (exact) mass is 282 g/mol. The van der Waals surface area contributed by atoms with Crippen LogP contribution in [0.25, 0.3) is 0 Å². The number of carbonyl (C=O) groups excluding carboxylic acids is 1. The lowest BCUT2D eigenvalue weighted by Gasteiger charge is -2.03. The van der Waals surface area contributed by atoms with E-state index in [1.807, 2.05) is 36.0 Å². The fourth-order valence-corrected chi connectivity index (χ4v) is 2.67. The summed E-state index contributed by atoms with van der Waals surface area (Å²) in [7, 11) is 0. The van der Waals surface area contributed by atoms with Crippen LogP contribution in [-0.2, 0) is 6.54 Å². The van der Waals surface area contributed by atoms with E-state index in [9.17, 15) is 4.79 Å². The molecule has 0 saturated heterocycles. The maximum atomic E-state index is 11.8. The van der Waals surface area contributed by atoms with Crippen LogP contribution in [0, 0.1) is 13.8 Å². The molecule has 0 aliphatic carbocycles. The predicted molar refractivity (Wildman–Crippen MR) is 74.6 cm³/mol. The second-order valence-electron chi connectivity index (χ2n) is 4.21. The molecule has 0 aliphatic rings. The Morgan fingerprint density at radius 2 is 2.28 bits per heavy atom. The van der Waals surface area contributed by atoms with Crippen LogP contribution >= 0.6 is 22.9 Å². The summed E-state index contributed by atoms with van der Waals surface area (Å²) in [4.78, 5) is 12.6. The fourth-order valence-electron chi connectivity index (χ4n) is 1.84. The molecule has 0 spiro atoms. The SMILES string of the molecule is Cc1nn(CCCC(=O)c2cccs2)c(C)c1Cl. The lowest BCUT2D eigenvalue weighted by molar-refractivity contribution is 0.0982. The number of Topliss-reactive ketones (excluding diaryl/α,β-unsaturated/α-hetero) is 1. The zero-order valence-corrected chi connectivity index (χ0v) is 12.0. The molecule has 2 rings (SSSR count). The number of aromatic nitrogens is 2. The second-order valence-corrected chi connectivity index (χ2v) is 5.54. The van der Waals surface area contributed by atoms with Gasteiger partial charge in [0.15, 0.2) is 5.78 Å². The van der Waals surface area contributed by atoms with Crippen molar-refractivity contribution in [1.82, 2.24) is 9.78 Å². The smallest absolute Gasteiger partial charge is 0.172 e. The fraction of sp³-hybridized carbons (Fsp3) is 0.385. The molecule has 0 atom stereocenters. The largest absolute Gasteiger partial charge is 0.293 e. The van der Waals surface area contributed by atoms with E-state index >= 15 is 0 Å². The molecule has 96 valence electrons. The van der Waals surface area contributed by atoms with Gasteiger partial charge in [-0.3, -0.25) is 9.48 Å². The van der Waals surface area contributed by atoms with Crippen LogP contribution in [0.1, 0.15) is 33.9 Å². The zero-order chi connectivity index (χ0) is 13.1. The molecular weight excluding hydrogens is 268 g/mol. The van der Waals surface area contributed by atoms with E-state index in [1.54, 1.807) is 0 Å². The highest BCUT2D eigenvalue weighted by Crippen LogP contribution is 2.19. The highest BCUT2D eigenvalue weighted by molar-refractivity contribution is 7.12. The number of thiophene rings is 1. The first kappa shape index (κ1) is 13.3. The van der Waals surface area contributed by atoms with Crippen LogP contribution in [0.15, 0.2) is 17.5 Å². The molecule has 0 amide bonds. The normalized spacial score (nSPS) is 10.8. The van der Waals surface area contributed by atoms with Crippen LogP contribution in [0.4, 0.5) is 0 Å². The lowest BCUT2D eigenvalue weighted by atomic mass is 10.2. The van der Waals surface area contributed by atoms with Gasteiger partial charge >= 0.3 is 0 Å². The van der Waals surface area contributed by atoms with Crippen LogP contribution in [0.5, 0.6) is 0 Å². The van der Waals surface area contributed by atoms with Gasteiger partial charge in [0.05, 0.1) is 21.3 Å². The van der Waals surface area contributed by atoms with E-state index in [0.29, 0.717) is 6.42 Å². The zero-order valence-electron chi connectivity index (χ0n) is 10.4. The minimum Gasteiger partial charge on any atom is -0.293 e. The highest BCUT2D eigenvalue weighted by Gasteiger charge is 2.10. The maximum Gasteiger partial charge on any atom is 0.172 e. The van der Waals surface area contributed by atoms with Crippen molar-refractivity contribution in [3.05, 3.63) is 38.8 Å². The molecule has 0 saturated carbocycles. The Bertz CT molecular complexity index is 546. The molecule has 0 radical (unpaired) electrons. The van der Waals surface area contributed by atoms with Gasteiger partial charge in [0.1, 0.15) is 0 Å². The summed E-state index contributed by atoms with van der Waals surface area (Å²) >= 11 is 7.57. The Hall–Kier alpha value is -1.13. The molecule has 0 N–H and O–H groups in total. The average Bonchev–Trinajstić information content (AvgIpc) is 2.95. The van der Waals surface area contributed by atoms with Gasteiger partial charge in [-0.2, -0.15) is 5.10 Å². The highest BCUT2D eigenvalue weighted by atomic mass is 35.5. The van der Waals surface area contributed by atoms with Crippen molar-refractivity contribution < 1.29 is 4.79 Å². The minimum atomic E-state index is 0.206. The van der Waals surface area contributed by atoms with E-state index < -0.39 is 0 Å². The molecule has 0 fully saturated rings. The molecule has 2 aromatic heterocycles. The number of hydrogen-bond donors (Lipinski definition) is 0. The Morgan fingerprint density at radius 1 is 1.50 bits per heavy atom. The number of halogens is 1. The molecule has 18 heavy (non-hydrogen) atoms. The van der Waals surface area contributed by atoms with Crippen molar-refractivity contribution in [3.63, 3.8) is 0 Å². The summed E-state index contributed by atoms with van der Waals surface area (Å²) < 4.78 is 1.87. The Labute approximate surface area is 115 Å². The van der Waals surface area contributed by atoms with Gasteiger partial charge in [0.25, 0.3) is 0 Å². The van der Waals surface area contributed by atoms with Gasteiger partial charge < -0.3 is 0 Å². The van der Waals surface area contributed by atoms with E-state index in [2.05, 4.69) is 5.10 Å². The number of rotatable bonds is 5. The first-order chi connectivity index (χ1) is 8.59. The number of nitrogens with zero attached hydrogens (tertiary/aromatic N) is 2. The van der Waals surface area contributed by atoms with E-state index in [-0.39, 0.29) is 5.78 Å². The maximum absolute atomic E-state index is 11.8. The number of hydrogen-bond acceptors (Lipinski definition) is 3. The average molecular weight is 283 g/mol. The van der Waals surface area contributed by atoms with Crippen molar-refractivity contribution in [2.24, 2.45) is 0 Å². The summed E-state index contributed by atoms with van der Waals surface area (Å²) in [6.07, 6.45) is 1.34. The van der Waals surface area contributed by atoms with Crippen molar-refractivity contribution in [2.75, 3.05) is 0 Å². The summed E-state index contributed by atoms with van der Waals surface area (Å²) in [5, 5.41) is 6.99. The predicted octanol–water partition coefficient (Wildman–Crippen LogP) is 3.88. The molecule has 2 aromatic rings. The molecule has 0 bridgehead atoms. The Balaban J connectivity index is 1.89. The van der Waals surface area contributed by atoms with E-state index in [0.717, 1.165) is 34.3 Å². The molecular formula is C13H15ClN2OS. The summed E-state index contributed by atoms with van der Waals surface area (Å²) in [5.41, 5.74) is 1.82. The summed E-state index contributed by atoms with van der Waals surface area (Å²) in [6.45, 7) is 4.57. The third-order valence-electron chi connectivity index (χ3n) is 2.86. The summed E-state index contributed by atoms with van der Waals surface area (Å²) in [5.74, 6) is 0.206. The molecule has 0 aliphatic heterocycles. The molecule has 0 aromatic carbocycles. The van der Waals surface area contributed by atoms with Crippen molar-refractivity contribution in [1.29, 1.82) is 0 Å². The van der Waals surface area contributed by atoms with Gasteiger partial charge in [-0.15, -0.1) is 11.3 Å². The quantitative estimate of drug-likeness (QED) is 0.780. The Kier molecular flexibility index (Phi) is 4.19. The van der Waals surface area contributed by atoms with Gasteiger partial charge in [-0.05, 0) is 31.7 Å². The van der Waals surface area contributed by atoms with Crippen LogP contribution in [-0.4, -0.2) is 15.6 Å². The summed E-state index contributed by atoms with van der Waals surface area (Å²) in [6, 6.07) is 3.77. The van der Waals surface area contributed by atoms with Crippen molar-refractivity contribution in [3.8, 4) is 0 Å². The Morgan fingerprint density at radius 3 is 2.83 bits per heavy atom. The number of carbonyl (C=O) groups is 1. The molecule has 3 nitrogen and oxygen atoms in total. The van der Waals surface area contributed by atoms with Crippen molar-refractivity contribution in [2.45, 2.75) is 33.2 Å². The second kappa shape index (κ2) is 5.67. The van der Waals surface area contributed by atoms with Crippen LogP contribution in [0.3, 0.4) is 0 Å². The lowest BCUT2D eigenvalue weighted by Crippen LogP contribution is -2.05. The van der Waals surface area contributed by atoms with Gasteiger partial charge in [0.2, 0.25) is 0 Å². The third kappa shape index (κ3) is 2.82. The van der Waals surface area contributed by atoms with Crippen LogP contribution < -0.4 is 0 Å². The standard InChI is InChI=1S/C13H15ClN2OS/c1-9-13(14)10(2)16(15-9)7-3-5-11(17)12-6-4-8-18-12/h4,6,8H,3,5,7H2,1-2H3. The van der Waals surface area contributed by atoms with Crippen molar-refractivity contribution >= 4 is 28.7 Å². The third-order valence-corrected chi connectivity index (χ3v) is 4.32. The minimum absolute atomic E-state index is 0.206. The van der Waals surface area contributed by atoms with E-state index in [1.165, 1.54) is 11.3 Å². The molecule has 5 heteroatoms. The number of ketones is 1. The topological polar surface area (TPSA) is 34.9 Å². The van der Waals surface area contributed by atoms with Gasteiger partial charge in [-0.25, -0.2) is 0 Å². The van der Waals surface area contributed by atoms with Gasteiger partial charge in [0, 0.05) is 13.0 Å². The van der Waals surface area contributed by atoms with Crippen LogP contribution in [0.2, 0.25) is 5.02 Å². The van der Waals surface area contributed by atoms with Gasteiger partial charge in [-0.1, -0.05) is 17.7 Å². The van der Waals surface area contributed by atoms with E-state index in [4.69, 9.17) is 11.6 Å². The first-order valence-corrected chi connectivity index (χ1v) is 7.11. The number of aryl methyl sites for hydroxylation is 2. The first-order valence-electron chi connectivity index (χ1n) is 5.86. The molecule has 0 unspecified atom stereocenters.